The van der Waals surface area contributed by atoms with Crippen LogP contribution in [-0.2, 0) is 13.2 Å². The molecule has 1 fully saturated rings. The van der Waals surface area contributed by atoms with E-state index in [1.54, 1.807) is 42.3 Å². The third-order valence-corrected chi connectivity index (χ3v) is 5.83. The predicted octanol–water partition coefficient (Wildman–Crippen LogP) is 3.98. The lowest BCUT2D eigenvalue weighted by Crippen LogP contribution is -2.39. The number of anilines is 1. The second-order valence-electron chi connectivity index (χ2n) is 8.08. The maximum absolute atomic E-state index is 13.0. The van der Waals surface area contributed by atoms with Gasteiger partial charge in [-0.3, -0.25) is 14.5 Å². The zero-order chi connectivity index (χ0) is 22.2. The van der Waals surface area contributed by atoms with Crippen LogP contribution in [0.3, 0.4) is 0 Å². The standard InChI is InChI=1S/C22H24F3N5O/c1-28(21(31)16-12-27-29(2)14-16)13-15-6-9-30(10-7-15)20-5-8-26-19-11-17(22(23,24)25)3-4-18(19)20/h3-5,8,11-12,14-15H,6-7,9-10,13H2,1-2H3. The molecule has 1 aliphatic rings. The Kier molecular flexibility index (Phi) is 5.60. The number of hydrogen-bond donors (Lipinski definition) is 0. The Labute approximate surface area is 178 Å². The number of pyridine rings is 1. The summed E-state index contributed by atoms with van der Waals surface area (Å²) in [4.78, 5) is 20.6. The minimum absolute atomic E-state index is 0.0453. The van der Waals surface area contributed by atoms with E-state index in [-0.39, 0.29) is 5.91 Å². The van der Waals surface area contributed by atoms with Gasteiger partial charge in [0.2, 0.25) is 0 Å². The summed E-state index contributed by atoms with van der Waals surface area (Å²) >= 11 is 0. The van der Waals surface area contributed by atoms with E-state index in [1.807, 2.05) is 6.07 Å². The van der Waals surface area contributed by atoms with Crippen LogP contribution in [0.25, 0.3) is 10.9 Å². The Morgan fingerprint density at radius 1 is 1.23 bits per heavy atom. The van der Waals surface area contributed by atoms with E-state index in [9.17, 15) is 18.0 Å². The van der Waals surface area contributed by atoms with Crippen LogP contribution >= 0.6 is 0 Å². The summed E-state index contributed by atoms with van der Waals surface area (Å²) in [6.45, 7) is 2.22. The highest BCUT2D eigenvalue weighted by Crippen LogP contribution is 2.34. The van der Waals surface area contributed by atoms with Gasteiger partial charge in [0.15, 0.2) is 0 Å². The van der Waals surface area contributed by atoms with Crippen molar-refractivity contribution in [1.82, 2.24) is 19.7 Å². The number of aromatic nitrogens is 3. The summed E-state index contributed by atoms with van der Waals surface area (Å²) in [5, 5.41) is 4.77. The number of hydrogen-bond acceptors (Lipinski definition) is 4. The molecule has 31 heavy (non-hydrogen) atoms. The molecule has 0 unspecified atom stereocenters. The molecule has 0 radical (unpaired) electrons. The largest absolute Gasteiger partial charge is 0.416 e. The van der Waals surface area contributed by atoms with Gasteiger partial charge in [-0.05, 0) is 37.0 Å². The number of benzene rings is 1. The Morgan fingerprint density at radius 2 is 1.97 bits per heavy atom. The fraction of sp³-hybridized carbons (Fsp3) is 0.409. The molecule has 0 N–H and O–H groups in total. The summed E-state index contributed by atoms with van der Waals surface area (Å²) in [5.74, 6) is 0.322. The zero-order valence-corrected chi connectivity index (χ0v) is 17.4. The molecule has 3 heterocycles. The van der Waals surface area contributed by atoms with Crippen molar-refractivity contribution >= 4 is 22.5 Å². The van der Waals surface area contributed by atoms with Crippen LogP contribution in [0, 0.1) is 5.92 Å². The SMILES string of the molecule is CN(CC1CCN(c2ccnc3cc(C(F)(F)F)ccc23)CC1)C(=O)c1cnn(C)c1. The molecule has 4 rings (SSSR count). The molecule has 0 atom stereocenters. The number of rotatable bonds is 4. The first-order valence-corrected chi connectivity index (χ1v) is 10.2. The molecule has 0 aliphatic carbocycles. The van der Waals surface area contributed by atoms with Gasteiger partial charge in [-0.25, -0.2) is 0 Å². The van der Waals surface area contributed by atoms with Crippen molar-refractivity contribution in [3.8, 4) is 0 Å². The number of halogens is 3. The second kappa shape index (κ2) is 8.20. The Bertz CT molecular complexity index is 1090. The molecule has 1 saturated heterocycles. The van der Waals surface area contributed by atoms with E-state index in [1.165, 1.54) is 6.07 Å². The van der Waals surface area contributed by atoms with Crippen molar-refractivity contribution in [2.24, 2.45) is 13.0 Å². The molecular formula is C22H24F3N5O. The lowest BCUT2D eigenvalue weighted by Gasteiger charge is -2.35. The van der Waals surface area contributed by atoms with Gasteiger partial charge in [0.25, 0.3) is 5.91 Å². The number of carbonyl (C=O) groups excluding carboxylic acids is 1. The average molecular weight is 431 g/mol. The van der Waals surface area contributed by atoms with Crippen molar-refractivity contribution < 1.29 is 18.0 Å². The minimum Gasteiger partial charge on any atom is -0.371 e. The third-order valence-electron chi connectivity index (χ3n) is 5.83. The normalized spacial score (nSPS) is 15.5. The molecule has 2 aromatic heterocycles. The number of nitrogens with zero attached hydrogens (tertiary/aromatic N) is 5. The van der Waals surface area contributed by atoms with Gasteiger partial charge in [0.05, 0.1) is 22.8 Å². The second-order valence-corrected chi connectivity index (χ2v) is 8.08. The van der Waals surface area contributed by atoms with Gasteiger partial charge in [0.1, 0.15) is 0 Å². The fourth-order valence-corrected chi connectivity index (χ4v) is 4.16. The smallest absolute Gasteiger partial charge is 0.371 e. The monoisotopic (exact) mass is 431 g/mol. The van der Waals surface area contributed by atoms with E-state index < -0.39 is 11.7 Å². The van der Waals surface area contributed by atoms with E-state index in [0.717, 1.165) is 49.1 Å². The number of aryl methyl sites for hydroxylation is 1. The van der Waals surface area contributed by atoms with Crippen molar-refractivity contribution in [2.45, 2.75) is 19.0 Å². The van der Waals surface area contributed by atoms with Crippen LogP contribution in [-0.4, -0.2) is 52.3 Å². The molecule has 3 aromatic rings. The molecule has 1 amide bonds. The molecule has 0 saturated carbocycles. The molecule has 1 aromatic carbocycles. The topological polar surface area (TPSA) is 54.3 Å². The lowest BCUT2D eigenvalue weighted by molar-refractivity contribution is -0.137. The van der Waals surface area contributed by atoms with Crippen LogP contribution < -0.4 is 4.90 Å². The van der Waals surface area contributed by atoms with Gasteiger partial charge in [0, 0.05) is 57.2 Å². The van der Waals surface area contributed by atoms with Gasteiger partial charge < -0.3 is 9.80 Å². The van der Waals surface area contributed by atoms with Crippen LogP contribution in [0.1, 0.15) is 28.8 Å². The summed E-state index contributed by atoms with van der Waals surface area (Å²) in [6.07, 6.45) is 2.25. The number of carbonyl (C=O) groups is 1. The molecule has 6 nitrogen and oxygen atoms in total. The Hall–Kier alpha value is -3.10. The highest BCUT2D eigenvalue weighted by atomic mass is 19.4. The van der Waals surface area contributed by atoms with Gasteiger partial charge in [-0.15, -0.1) is 0 Å². The number of alkyl halides is 3. The van der Waals surface area contributed by atoms with Crippen molar-refractivity contribution in [1.29, 1.82) is 0 Å². The first kappa shape index (κ1) is 21.1. The molecule has 9 heteroatoms. The minimum atomic E-state index is -4.39. The van der Waals surface area contributed by atoms with Crippen LogP contribution in [0.15, 0.2) is 42.9 Å². The highest BCUT2D eigenvalue weighted by Gasteiger charge is 2.31. The maximum Gasteiger partial charge on any atom is 0.416 e. The predicted molar refractivity (Wildman–Crippen MR) is 112 cm³/mol. The van der Waals surface area contributed by atoms with Gasteiger partial charge >= 0.3 is 6.18 Å². The lowest BCUT2D eigenvalue weighted by atomic mass is 9.95. The first-order chi connectivity index (χ1) is 14.7. The average Bonchev–Trinajstić information content (AvgIpc) is 3.18. The third kappa shape index (κ3) is 4.50. The number of amides is 1. The van der Waals surface area contributed by atoms with Crippen molar-refractivity contribution in [3.63, 3.8) is 0 Å². The first-order valence-electron chi connectivity index (χ1n) is 10.2. The molecule has 1 aliphatic heterocycles. The summed E-state index contributed by atoms with van der Waals surface area (Å²) in [6, 6.07) is 5.57. The molecule has 0 spiro atoms. The Morgan fingerprint density at radius 3 is 2.61 bits per heavy atom. The molecule has 164 valence electrons. The fourth-order valence-electron chi connectivity index (χ4n) is 4.16. The number of fused-ring (bicyclic) bond motifs is 1. The van der Waals surface area contributed by atoms with E-state index in [4.69, 9.17) is 0 Å². The van der Waals surface area contributed by atoms with E-state index in [0.29, 0.717) is 23.5 Å². The van der Waals surface area contributed by atoms with Crippen molar-refractivity contribution in [3.05, 3.63) is 54.0 Å². The van der Waals surface area contributed by atoms with Gasteiger partial charge in [-0.2, -0.15) is 18.3 Å². The zero-order valence-electron chi connectivity index (χ0n) is 17.4. The Balaban J connectivity index is 1.42. The van der Waals surface area contributed by atoms with E-state index in [2.05, 4.69) is 15.0 Å². The highest BCUT2D eigenvalue weighted by molar-refractivity contribution is 5.93. The summed E-state index contributed by atoms with van der Waals surface area (Å²) < 4.78 is 40.6. The number of piperidine rings is 1. The van der Waals surface area contributed by atoms with Gasteiger partial charge in [-0.1, -0.05) is 6.07 Å². The van der Waals surface area contributed by atoms with Crippen LogP contribution in [0.2, 0.25) is 0 Å². The van der Waals surface area contributed by atoms with Crippen LogP contribution in [0.5, 0.6) is 0 Å². The summed E-state index contributed by atoms with van der Waals surface area (Å²) in [7, 11) is 3.58. The quantitative estimate of drug-likeness (QED) is 0.627. The van der Waals surface area contributed by atoms with Crippen molar-refractivity contribution in [2.75, 3.05) is 31.6 Å². The maximum atomic E-state index is 13.0. The summed E-state index contributed by atoms with van der Waals surface area (Å²) in [5.41, 5.74) is 1.13. The van der Waals surface area contributed by atoms with Crippen LogP contribution in [0.4, 0.5) is 18.9 Å². The van der Waals surface area contributed by atoms with E-state index >= 15 is 0 Å². The molecular weight excluding hydrogens is 407 g/mol. The molecule has 0 bridgehead atoms.